The minimum Gasteiger partial charge on any atom is -0.384 e. The first-order valence-electron chi connectivity index (χ1n) is 6.88. The zero-order valence-corrected chi connectivity index (χ0v) is 11.0. The fourth-order valence-electron chi connectivity index (χ4n) is 2.74. The molecule has 0 aliphatic heterocycles. The molecule has 0 spiro atoms. The van der Waals surface area contributed by atoms with E-state index in [2.05, 4.69) is 0 Å². The fraction of sp³-hybridized carbons (Fsp3) is 0.294. The van der Waals surface area contributed by atoms with E-state index >= 15 is 0 Å². The van der Waals surface area contributed by atoms with E-state index in [1.165, 1.54) is 6.42 Å². The molecule has 0 saturated heterocycles. The van der Waals surface area contributed by atoms with Crippen molar-refractivity contribution in [3.63, 3.8) is 0 Å². The van der Waals surface area contributed by atoms with Gasteiger partial charge in [-0.2, -0.15) is 0 Å². The van der Waals surface area contributed by atoms with E-state index in [-0.39, 0.29) is 5.56 Å². The van der Waals surface area contributed by atoms with Crippen molar-refractivity contribution in [3.05, 3.63) is 70.8 Å². The Bertz CT molecular complexity index is 620. The second-order valence-corrected chi connectivity index (χ2v) is 5.33. The van der Waals surface area contributed by atoms with Gasteiger partial charge in [0.05, 0.1) is 0 Å². The summed E-state index contributed by atoms with van der Waals surface area (Å²) in [5.74, 6) is -0.693. The van der Waals surface area contributed by atoms with E-state index in [0.717, 1.165) is 36.6 Å². The highest BCUT2D eigenvalue weighted by molar-refractivity contribution is 5.39. The number of aliphatic hydroxyl groups is 1. The Labute approximate surface area is 116 Å². The standard InChI is InChI=1S/C17H16F2O/c18-12-8-9-16(19)15(10-12)17(20)14-7-2-1-6-13(14)11-4-3-5-11/h1-2,6-11,17,20H,3-5H2. The molecule has 1 saturated carbocycles. The zero-order valence-electron chi connectivity index (χ0n) is 11.0. The lowest BCUT2D eigenvalue weighted by Gasteiger charge is -2.29. The third-order valence-corrected chi connectivity index (χ3v) is 4.09. The van der Waals surface area contributed by atoms with Gasteiger partial charge in [0.25, 0.3) is 0 Å². The lowest BCUT2D eigenvalue weighted by molar-refractivity contribution is 0.211. The minimum atomic E-state index is -1.12. The van der Waals surface area contributed by atoms with Crippen molar-refractivity contribution < 1.29 is 13.9 Å². The first-order valence-corrected chi connectivity index (χ1v) is 6.88. The summed E-state index contributed by atoms with van der Waals surface area (Å²) in [4.78, 5) is 0. The summed E-state index contributed by atoms with van der Waals surface area (Å²) in [6, 6.07) is 10.7. The molecule has 0 heterocycles. The van der Waals surface area contributed by atoms with Crippen LogP contribution in [0.1, 0.15) is 48.0 Å². The van der Waals surface area contributed by atoms with E-state index in [4.69, 9.17) is 0 Å². The van der Waals surface area contributed by atoms with Gasteiger partial charge in [-0.1, -0.05) is 30.7 Å². The molecule has 1 aliphatic carbocycles. The van der Waals surface area contributed by atoms with E-state index in [1.54, 1.807) is 6.07 Å². The second-order valence-electron chi connectivity index (χ2n) is 5.33. The molecule has 0 aromatic heterocycles. The maximum atomic E-state index is 13.8. The SMILES string of the molecule is OC(c1cc(F)ccc1F)c1ccccc1C1CCC1. The largest absolute Gasteiger partial charge is 0.384 e. The van der Waals surface area contributed by atoms with Gasteiger partial charge in [-0.3, -0.25) is 0 Å². The lowest BCUT2D eigenvalue weighted by Crippen LogP contribution is -2.14. The number of benzene rings is 2. The summed E-state index contributed by atoms with van der Waals surface area (Å²) in [5.41, 5.74) is 1.73. The third-order valence-electron chi connectivity index (χ3n) is 4.09. The molecule has 1 aliphatic rings. The highest BCUT2D eigenvalue weighted by atomic mass is 19.1. The first-order chi connectivity index (χ1) is 9.66. The molecule has 0 radical (unpaired) electrons. The highest BCUT2D eigenvalue weighted by Gasteiger charge is 2.26. The van der Waals surface area contributed by atoms with Crippen molar-refractivity contribution in [2.45, 2.75) is 31.3 Å². The molecule has 3 rings (SSSR count). The summed E-state index contributed by atoms with van der Waals surface area (Å²) in [6.07, 6.45) is 2.25. The van der Waals surface area contributed by atoms with Gasteiger partial charge < -0.3 is 5.11 Å². The molecule has 1 nitrogen and oxygen atoms in total. The number of hydrogen-bond acceptors (Lipinski definition) is 1. The quantitative estimate of drug-likeness (QED) is 0.884. The van der Waals surface area contributed by atoms with Crippen LogP contribution in [0.5, 0.6) is 0 Å². The zero-order chi connectivity index (χ0) is 14.1. The van der Waals surface area contributed by atoms with Gasteiger partial charge in [0.1, 0.15) is 17.7 Å². The number of hydrogen-bond donors (Lipinski definition) is 1. The van der Waals surface area contributed by atoms with Gasteiger partial charge in [-0.15, -0.1) is 0 Å². The smallest absolute Gasteiger partial charge is 0.129 e. The van der Waals surface area contributed by atoms with Gasteiger partial charge in [-0.05, 0) is 48.1 Å². The van der Waals surface area contributed by atoms with Crippen molar-refractivity contribution in [2.75, 3.05) is 0 Å². The van der Waals surface area contributed by atoms with Crippen LogP contribution in [-0.2, 0) is 0 Å². The van der Waals surface area contributed by atoms with E-state index < -0.39 is 17.7 Å². The van der Waals surface area contributed by atoms with Crippen LogP contribution >= 0.6 is 0 Å². The van der Waals surface area contributed by atoms with Crippen molar-refractivity contribution in [1.29, 1.82) is 0 Å². The minimum absolute atomic E-state index is 0.00299. The van der Waals surface area contributed by atoms with Crippen LogP contribution in [0.3, 0.4) is 0 Å². The van der Waals surface area contributed by atoms with Crippen molar-refractivity contribution in [3.8, 4) is 0 Å². The lowest BCUT2D eigenvalue weighted by atomic mass is 9.77. The molecule has 0 amide bonds. The number of rotatable bonds is 3. The molecule has 1 atom stereocenters. The van der Waals surface area contributed by atoms with E-state index in [0.29, 0.717) is 11.5 Å². The highest BCUT2D eigenvalue weighted by Crippen LogP contribution is 2.40. The van der Waals surface area contributed by atoms with Gasteiger partial charge in [0.15, 0.2) is 0 Å². The predicted molar refractivity (Wildman–Crippen MR) is 73.5 cm³/mol. The number of aliphatic hydroxyl groups excluding tert-OH is 1. The fourth-order valence-corrected chi connectivity index (χ4v) is 2.74. The summed E-state index contributed by atoms with van der Waals surface area (Å²) < 4.78 is 27.1. The van der Waals surface area contributed by atoms with Crippen LogP contribution in [0.2, 0.25) is 0 Å². The molecule has 2 aromatic carbocycles. The van der Waals surface area contributed by atoms with Crippen LogP contribution < -0.4 is 0 Å². The first kappa shape index (κ1) is 13.3. The van der Waals surface area contributed by atoms with Crippen LogP contribution in [-0.4, -0.2) is 5.11 Å². The molecule has 20 heavy (non-hydrogen) atoms. The van der Waals surface area contributed by atoms with Gasteiger partial charge >= 0.3 is 0 Å². The Hall–Kier alpha value is -1.74. The van der Waals surface area contributed by atoms with Crippen LogP contribution in [0.4, 0.5) is 8.78 Å². The predicted octanol–water partition coefficient (Wildman–Crippen LogP) is 4.31. The Morgan fingerprint density at radius 1 is 1.00 bits per heavy atom. The Balaban J connectivity index is 2.01. The van der Waals surface area contributed by atoms with Crippen LogP contribution in [0, 0.1) is 11.6 Å². The monoisotopic (exact) mass is 274 g/mol. The molecule has 1 unspecified atom stereocenters. The van der Waals surface area contributed by atoms with Gasteiger partial charge in [0, 0.05) is 5.56 Å². The van der Waals surface area contributed by atoms with E-state index in [1.807, 2.05) is 18.2 Å². The molecule has 2 aromatic rings. The summed E-state index contributed by atoms with van der Waals surface area (Å²) in [5, 5.41) is 10.4. The van der Waals surface area contributed by atoms with Crippen LogP contribution in [0.15, 0.2) is 42.5 Å². The normalized spacial score (nSPS) is 16.8. The Morgan fingerprint density at radius 2 is 1.75 bits per heavy atom. The second kappa shape index (κ2) is 5.33. The number of halogens is 2. The van der Waals surface area contributed by atoms with Crippen molar-refractivity contribution in [2.24, 2.45) is 0 Å². The average Bonchev–Trinajstić information content (AvgIpc) is 2.39. The van der Waals surface area contributed by atoms with Crippen molar-refractivity contribution >= 4 is 0 Å². The third kappa shape index (κ3) is 2.34. The molecular weight excluding hydrogens is 258 g/mol. The average molecular weight is 274 g/mol. The van der Waals surface area contributed by atoms with Gasteiger partial charge in [-0.25, -0.2) is 8.78 Å². The maximum absolute atomic E-state index is 13.8. The topological polar surface area (TPSA) is 20.2 Å². The summed E-state index contributed by atoms with van der Waals surface area (Å²) >= 11 is 0. The molecule has 0 bridgehead atoms. The molecule has 1 fully saturated rings. The molecular formula is C17H16F2O. The van der Waals surface area contributed by atoms with E-state index in [9.17, 15) is 13.9 Å². The van der Waals surface area contributed by atoms with Crippen molar-refractivity contribution in [1.82, 2.24) is 0 Å². The molecule has 1 N–H and O–H groups in total. The Morgan fingerprint density at radius 3 is 2.45 bits per heavy atom. The molecule has 104 valence electrons. The molecule has 3 heteroatoms. The maximum Gasteiger partial charge on any atom is 0.129 e. The summed E-state index contributed by atoms with van der Waals surface area (Å²) in [6.45, 7) is 0. The van der Waals surface area contributed by atoms with Gasteiger partial charge in [0.2, 0.25) is 0 Å². The van der Waals surface area contributed by atoms with Crippen LogP contribution in [0.25, 0.3) is 0 Å². The summed E-state index contributed by atoms with van der Waals surface area (Å²) in [7, 11) is 0. The Kier molecular flexibility index (Phi) is 3.53.